The maximum atomic E-state index is 13.1. The number of amides is 1. The van der Waals surface area contributed by atoms with Gasteiger partial charge >= 0.3 is 0 Å². The highest BCUT2D eigenvalue weighted by atomic mass is 35.5. The molecule has 1 N–H and O–H groups in total. The second-order valence-electron chi connectivity index (χ2n) is 7.66. The van der Waals surface area contributed by atoms with Crippen molar-refractivity contribution in [1.82, 2.24) is 4.90 Å². The number of benzene rings is 3. The number of piperazine rings is 1. The van der Waals surface area contributed by atoms with Crippen molar-refractivity contribution < 1.29 is 9.90 Å². The van der Waals surface area contributed by atoms with Crippen molar-refractivity contribution in [2.75, 3.05) is 24.5 Å². The molecule has 1 unspecified atom stereocenters. The standard InChI is InChI=1S/C24H20Cl4N2O2/c25-17-4-2-16(3-5-17)22-14-29(24(32)12-15-1-8-23(31)20(28)11-15)9-10-30(22)21-7-6-18(26)13-19(21)27/h1-8,11,13,22,31H,9-10,12,14H2. The number of aromatic hydroxyl groups is 1. The van der Waals surface area contributed by atoms with Crippen LogP contribution in [0.25, 0.3) is 0 Å². The van der Waals surface area contributed by atoms with Gasteiger partial charge in [-0.05, 0) is 53.6 Å². The summed E-state index contributed by atoms with van der Waals surface area (Å²) < 4.78 is 0. The van der Waals surface area contributed by atoms with Gasteiger partial charge in [0.05, 0.1) is 28.2 Å². The van der Waals surface area contributed by atoms with Crippen LogP contribution in [-0.4, -0.2) is 35.5 Å². The Morgan fingerprint density at radius 2 is 1.59 bits per heavy atom. The lowest BCUT2D eigenvalue weighted by atomic mass is 10.0. The van der Waals surface area contributed by atoms with Gasteiger partial charge < -0.3 is 14.9 Å². The number of rotatable bonds is 4. The lowest BCUT2D eigenvalue weighted by Gasteiger charge is -2.43. The van der Waals surface area contributed by atoms with Gasteiger partial charge in [0.25, 0.3) is 0 Å². The number of carbonyl (C=O) groups is 1. The van der Waals surface area contributed by atoms with Crippen LogP contribution in [0.1, 0.15) is 17.2 Å². The predicted octanol–water partition coefficient (Wildman–Crippen LogP) is 6.64. The lowest BCUT2D eigenvalue weighted by Crippen LogP contribution is -2.51. The predicted molar refractivity (Wildman–Crippen MR) is 131 cm³/mol. The maximum absolute atomic E-state index is 13.1. The minimum atomic E-state index is -0.105. The van der Waals surface area contributed by atoms with Crippen LogP contribution in [0.2, 0.25) is 20.1 Å². The van der Waals surface area contributed by atoms with E-state index in [2.05, 4.69) is 4.90 Å². The number of nitrogens with zero attached hydrogens (tertiary/aromatic N) is 2. The molecule has 4 nitrogen and oxygen atoms in total. The van der Waals surface area contributed by atoms with Crippen LogP contribution in [0.3, 0.4) is 0 Å². The molecule has 1 aliphatic heterocycles. The molecule has 1 aliphatic rings. The highest BCUT2D eigenvalue weighted by molar-refractivity contribution is 6.36. The fourth-order valence-electron chi connectivity index (χ4n) is 3.93. The Morgan fingerprint density at radius 1 is 0.875 bits per heavy atom. The van der Waals surface area contributed by atoms with E-state index >= 15 is 0 Å². The lowest BCUT2D eigenvalue weighted by molar-refractivity contribution is -0.131. The van der Waals surface area contributed by atoms with E-state index in [9.17, 15) is 9.90 Å². The van der Waals surface area contributed by atoms with E-state index in [0.29, 0.717) is 34.7 Å². The summed E-state index contributed by atoms with van der Waals surface area (Å²) in [4.78, 5) is 17.1. The minimum absolute atomic E-state index is 0.000810. The smallest absolute Gasteiger partial charge is 0.227 e. The van der Waals surface area contributed by atoms with Gasteiger partial charge in [0, 0.05) is 29.7 Å². The molecule has 166 valence electrons. The molecule has 0 spiro atoms. The number of halogens is 4. The number of phenolic OH excluding ortho intramolecular Hbond substituents is 1. The normalized spacial score (nSPS) is 16.3. The van der Waals surface area contributed by atoms with Crippen molar-refractivity contribution in [2.45, 2.75) is 12.5 Å². The minimum Gasteiger partial charge on any atom is -0.506 e. The third-order valence-corrected chi connectivity index (χ3v) is 6.67. The summed E-state index contributed by atoms with van der Waals surface area (Å²) >= 11 is 24.7. The van der Waals surface area contributed by atoms with Crippen molar-refractivity contribution >= 4 is 58.0 Å². The fraction of sp³-hybridized carbons (Fsp3) is 0.208. The van der Waals surface area contributed by atoms with E-state index < -0.39 is 0 Å². The van der Waals surface area contributed by atoms with Crippen LogP contribution in [0, 0.1) is 0 Å². The number of anilines is 1. The molecular formula is C24H20Cl4N2O2. The van der Waals surface area contributed by atoms with Gasteiger partial charge in [0.2, 0.25) is 5.91 Å². The first-order valence-electron chi connectivity index (χ1n) is 10.0. The van der Waals surface area contributed by atoms with Crippen molar-refractivity contribution in [3.05, 3.63) is 91.9 Å². The number of phenols is 1. The summed E-state index contributed by atoms with van der Waals surface area (Å²) in [6, 6.07) is 17.8. The van der Waals surface area contributed by atoms with Gasteiger partial charge in [0.1, 0.15) is 5.75 Å². The Bertz CT molecular complexity index is 1140. The molecule has 1 atom stereocenters. The van der Waals surface area contributed by atoms with Gasteiger partial charge in [-0.2, -0.15) is 0 Å². The molecule has 3 aromatic rings. The van der Waals surface area contributed by atoms with Crippen molar-refractivity contribution in [3.63, 3.8) is 0 Å². The monoisotopic (exact) mass is 508 g/mol. The second kappa shape index (κ2) is 9.80. The Morgan fingerprint density at radius 3 is 2.28 bits per heavy atom. The molecule has 1 saturated heterocycles. The molecule has 1 amide bonds. The molecule has 1 fully saturated rings. The van der Waals surface area contributed by atoms with E-state index in [1.807, 2.05) is 41.3 Å². The van der Waals surface area contributed by atoms with E-state index in [1.165, 1.54) is 6.07 Å². The van der Waals surface area contributed by atoms with Gasteiger partial charge in [-0.3, -0.25) is 4.79 Å². The van der Waals surface area contributed by atoms with E-state index in [0.717, 1.165) is 16.8 Å². The number of carbonyl (C=O) groups excluding carboxylic acids is 1. The molecule has 0 radical (unpaired) electrons. The summed E-state index contributed by atoms with van der Waals surface area (Å²) in [6.45, 7) is 1.65. The van der Waals surface area contributed by atoms with Crippen LogP contribution in [-0.2, 0) is 11.2 Å². The summed E-state index contributed by atoms with van der Waals surface area (Å²) in [6.07, 6.45) is 0.203. The molecule has 8 heteroatoms. The Balaban J connectivity index is 1.60. The van der Waals surface area contributed by atoms with Crippen LogP contribution in [0.4, 0.5) is 5.69 Å². The SMILES string of the molecule is O=C(Cc1ccc(O)c(Cl)c1)N1CCN(c2ccc(Cl)cc2Cl)C(c2ccc(Cl)cc2)C1. The van der Waals surface area contributed by atoms with Gasteiger partial charge in [-0.1, -0.05) is 64.6 Å². The third kappa shape index (κ3) is 5.10. The summed E-state index contributed by atoms with van der Waals surface area (Å²) in [5, 5.41) is 11.6. The highest BCUT2D eigenvalue weighted by Crippen LogP contribution is 2.37. The van der Waals surface area contributed by atoms with Crippen molar-refractivity contribution in [2.24, 2.45) is 0 Å². The molecular weight excluding hydrogens is 490 g/mol. The number of hydrogen-bond donors (Lipinski definition) is 1. The van der Waals surface area contributed by atoms with Crippen LogP contribution >= 0.6 is 46.4 Å². The van der Waals surface area contributed by atoms with Gasteiger partial charge in [0.15, 0.2) is 0 Å². The second-order valence-corrected chi connectivity index (χ2v) is 9.35. The molecule has 0 aliphatic carbocycles. The van der Waals surface area contributed by atoms with Crippen LogP contribution < -0.4 is 4.90 Å². The average molecular weight is 510 g/mol. The van der Waals surface area contributed by atoms with E-state index in [4.69, 9.17) is 46.4 Å². The molecule has 3 aromatic carbocycles. The summed E-state index contributed by atoms with van der Waals surface area (Å²) in [5.41, 5.74) is 2.66. The molecule has 0 saturated carbocycles. The molecule has 0 bridgehead atoms. The van der Waals surface area contributed by atoms with Crippen molar-refractivity contribution in [3.8, 4) is 5.75 Å². The Kier molecular flexibility index (Phi) is 7.06. The summed E-state index contributed by atoms with van der Waals surface area (Å²) in [7, 11) is 0. The molecule has 1 heterocycles. The van der Waals surface area contributed by atoms with Gasteiger partial charge in [-0.15, -0.1) is 0 Å². The molecule has 32 heavy (non-hydrogen) atoms. The zero-order chi connectivity index (χ0) is 22.8. The largest absolute Gasteiger partial charge is 0.506 e. The first kappa shape index (κ1) is 23.1. The zero-order valence-corrected chi connectivity index (χ0v) is 20.0. The van der Waals surface area contributed by atoms with E-state index in [1.54, 1.807) is 18.2 Å². The highest BCUT2D eigenvalue weighted by Gasteiger charge is 2.32. The zero-order valence-electron chi connectivity index (χ0n) is 16.9. The molecule has 4 rings (SSSR count). The Labute approximate surface area is 206 Å². The fourth-order valence-corrected chi connectivity index (χ4v) is 4.78. The Hall–Kier alpha value is -2.11. The number of hydrogen-bond acceptors (Lipinski definition) is 3. The average Bonchev–Trinajstić information content (AvgIpc) is 2.77. The topological polar surface area (TPSA) is 43.8 Å². The quantitative estimate of drug-likeness (QED) is 0.428. The first-order valence-corrected chi connectivity index (χ1v) is 11.6. The van der Waals surface area contributed by atoms with Crippen LogP contribution in [0.15, 0.2) is 60.7 Å². The maximum Gasteiger partial charge on any atom is 0.227 e. The third-order valence-electron chi connectivity index (χ3n) is 5.57. The molecule has 0 aromatic heterocycles. The van der Waals surface area contributed by atoms with Crippen LogP contribution in [0.5, 0.6) is 5.75 Å². The van der Waals surface area contributed by atoms with Gasteiger partial charge in [-0.25, -0.2) is 0 Å². The first-order chi connectivity index (χ1) is 15.3. The van der Waals surface area contributed by atoms with Crippen molar-refractivity contribution in [1.29, 1.82) is 0 Å². The van der Waals surface area contributed by atoms with E-state index in [-0.39, 0.29) is 29.1 Å². The summed E-state index contributed by atoms with van der Waals surface area (Å²) in [5.74, 6) is -0.00769.